The Morgan fingerprint density at radius 1 is 1.18 bits per heavy atom. The van der Waals surface area contributed by atoms with Crippen molar-refractivity contribution in [2.75, 3.05) is 32.6 Å². The van der Waals surface area contributed by atoms with Crippen LogP contribution in [0.15, 0.2) is 42.5 Å². The number of urea groups is 1. The highest BCUT2D eigenvalue weighted by atomic mass is 16.5. The summed E-state index contributed by atoms with van der Waals surface area (Å²) in [6, 6.07) is 13.3. The molecule has 6 nitrogen and oxygen atoms in total. The molecule has 3 amide bonds. The van der Waals surface area contributed by atoms with E-state index in [4.69, 9.17) is 4.74 Å². The van der Waals surface area contributed by atoms with Gasteiger partial charge in [0.05, 0.1) is 12.8 Å². The summed E-state index contributed by atoms with van der Waals surface area (Å²) >= 11 is 0. The molecule has 6 heteroatoms. The van der Waals surface area contributed by atoms with Crippen molar-refractivity contribution in [1.82, 2.24) is 10.2 Å². The second kappa shape index (κ2) is 8.78. The number of anilines is 1. The minimum Gasteiger partial charge on any atom is -0.495 e. The Hall–Kier alpha value is -3.02. The Kier molecular flexibility index (Phi) is 6.19. The Morgan fingerprint density at radius 3 is 2.71 bits per heavy atom. The fourth-order valence-corrected chi connectivity index (χ4v) is 3.64. The van der Waals surface area contributed by atoms with E-state index in [0.29, 0.717) is 36.0 Å². The Balaban J connectivity index is 1.74. The zero-order valence-corrected chi connectivity index (χ0v) is 16.6. The molecule has 1 heterocycles. The normalized spacial score (nSPS) is 16.4. The van der Waals surface area contributed by atoms with Crippen LogP contribution < -0.4 is 15.4 Å². The number of methoxy groups -OCH3 is 1. The van der Waals surface area contributed by atoms with Crippen LogP contribution >= 0.6 is 0 Å². The number of nitrogens with one attached hydrogen (secondary N) is 2. The second-order valence-corrected chi connectivity index (χ2v) is 7.12. The van der Waals surface area contributed by atoms with Gasteiger partial charge in [-0.25, -0.2) is 4.79 Å². The number of nitrogens with zero attached hydrogens (tertiary/aromatic N) is 1. The van der Waals surface area contributed by atoms with Gasteiger partial charge in [-0.15, -0.1) is 0 Å². The fourth-order valence-electron chi connectivity index (χ4n) is 3.64. The molecule has 1 saturated heterocycles. The van der Waals surface area contributed by atoms with Gasteiger partial charge in [0.2, 0.25) is 0 Å². The number of piperidine rings is 1. The molecule has 2 aromatic carbocycles. The quantitative estimate of drug-likeness (QED) is 0.847. The van der Waals surface area contributed by atoms with Gasteiger partial charge >= 0.3 is 6.03 Å². The molecule has 2 N–H and O–H groups in total. The predicted octanol–water partition coefficient (Wildman–Crippen LogP) is 3.77. The summed E-state index contributed by atoms with van der Waals surface area (Å²) in [7, 11) is 3.11. The highest BCUT2D eigenvalue weighted by Crippen LogP contribution is 2.29. The van der Waals surface area contributed by atoms with Crippen molar-refractivity contribution in [3.8, 4) is 5.75 Å². The summed E-state index contributed by atoms with van der Waals surface area (Å²) in [6.07, 6.45) is 2.03. The third-order valence-electron chi connectivity index (χ3n) is 5.15. The Bertz CT molecular complexity index is 866. The van der Waals surface area contributed by atoms with Crippen molar-refractivity contribution >= 4 is 17.6 Å². The summed E-state index contributed by atoms with van der Waals surface area (Å²) in [5.74, 6) is 0.641. The van der Waals surface area contributed by atoms with Gasteiger partial charge in [0.15, 0.2) is 0 Å². The van der Waals surface area contributed by atoms with E-state index >= 15 is 0 Å². The number of ether oxygens (including phenoxy) is 1. The number of benzene rings is 2. The topological polar surface area (TPSA) is 70.7 Å². The number of amides is 3. The van der Waals surface area contributed by atoms with E-state index in [1.807, 2.05) is 4.90 Å². The van der Waals surface area contributed by atoms with E-state index in [9.17, 15) is 9.59 Å². The summed E-state index contributed by atoms with van der Waals surface area (Å²) in [6.45, 7) is 3.47. The van der Waals surface area contributed by atoms with Gasteiger partial charge in [-0.1, -0.05) is 29.8 Å². The molecule has 0 radical (unpaired) electrons. The highest BCUT2D eigenvalue weighted by Gasteiger charge is 2.25. The number of carbonyl (C=O) groups excluding carboxylic acids is 2. The van der Waals surface area contributed by atoms with E-state index in [0.717, 1.165) is 12.8 Å². The van der Waals surface area contributed by atoms with Gasteiger partial charge in [-0.2, -0.15) is 0 Å². The molecule has 1 unspecified atom stereocenters. The minimum absolute atomic E-state index is 0.176. The maximum atomic E-state index is 12.9. The molecular formula is C22H27N3O3. The zero-order chi connectivity index (χ0) is 20.1. The van der Waals surface area contributed by atoms with Crippen LogP contribution in [-0.2, 0) is 0 Å². The first-order valence-corrected chi connectivity index (χ1v) is 9.54. The SMILES string of the molecule is CNC(=O)c1ccc(OC)c(NC(=O)N2CCCC(c3cccc(C)c3)C2)c1. The first-order chi connectivity index (χ1) is 13.5. The molecule has 1 aliphatic rings. The van der Waals surface area contributed by atoms with Crippen LogP contribution in [0.1, 0.15) is 40.2 Å². The van der Waals surface area contributed by atoms with Crippen molar-refractivity contribution in [3.05, 3.63) is 59.2 Å². The van der Waals surface area contributed by atoms with E-state index < -0.39 is 0 Å². The van der Waals surface area contributed by atoms with Gasteiger partial charge in [0, 0.05) is 31.6 Å². The third kappa shape index (κ3) is 4.44. The van der Waals surface area contributed by atoms with Gasteiger partial charge in [-0.05, 0) is 43.5 Å². The predicted molar refractivity (Wildman–Crippen MR) is 110 cm³/mol. The lowest BCUT2D eigenvalue weighted by Crippen LogP contribution is -2.41. The maximum Gasteiger partial charge on any atom is 0.321 e. The first kappa shape index (κ1) is 19.7. The van der Waals surface area contributed by atoms with Gasteiger partial charge in [-0.3, -0.25) is 4.79 Å². The molecule has 2 aromatic rings. The third-order valence-corrected chi connectivity index (χ3v) is 5.15. The van der Waals surface area contributed by atoms with Gasteiger partial charge in [0.25, 0.3) is 5.91 Å². The molecule has 1 aliphatic heterocycles. The van der Waals surface area contributed by atoms with Crippen LogP contribution in [0.25, 0.3) is 0 Å². The molecule has 1 atom stereocenters. The number of hydrogen-bond donors (Lipinski definition) is 2. The number of likely N-dealkylation sites (tertiary alicyclic amines) is 1. The summed E-state index contributed by atoms with van der Waals surface area (Å²) in [5.41, 5.74) is 3.47. The average Bonchev–Trinajstić information content (AvgIpc) is 2.73. The molecule has 0 saturated carbocycles. The Labute approximate surface area is 165 Å². The summed E-state index contributed by atoms with van der Waals surface area (Å²) < 4.78 is 5.34. The zero-order valence-electron chi connectivity index (χ0n) is 16.6. The second-order valence-electron chi connectivity index (χ2n) is 7.12. The molecule has 0 aliphatic carbocycles. The largest absolute Gasteiger partial charge is 0.495 e. The monoisotopic (exact) mass is 381 g/mol. The van der Waals surface area contributed by atoms with Crippen molar-refractivity contribution in [2.24, 2.45) is 0 Å². The Morgan fingerprint density at radius 2 is 2.00 bits per heavy atom. The smallest absolute Gasteiger partial charge is 0.321 e. The van der Waals surface area contributed by atoms with Crippen LogP contribution in [0.5, 0.6) is 5.75 Å². The van der Waals surface area contributed by atoms with E-state index in [1.54, 1.807) is 32.4 Å². The highest BCUT2D eigenvalue weighted by molar-refractivity contribution is 5.97. The molecule has 3 rings (SSSR count). The van der Waals surface area contributed by atoms with Crippen molar-refractivity contribution in [3.63, 3.8) is 0 Å². The first-order valence-electron chi connectivity index (χ1n) is 9.54. The lowest BCUT2D eigenvalue weighted by atomic mass is 9.90. The van der Waals surface area contributed by atoms with Crippen LogP contribution in [0, 0.1) is 6.92 Å². The number of hydrogen-bond acceptors (Lipinski definition) is 3. The van der Waals surface area contributed by atoms with Crippen LogP contribution in [0.4, 0.5) is 10.5 Å². The van der Waals surface area contributed by atoms with Crippen molar-refractivity contribution < 1.29 is 14.3 Å². The molecule has 1 fully saturated rings. The van der Waals surface area contributed by atoms with E-state index in [2.05, 4.69) is 41.8 Å². The summed E-state index contributed by atoms with van der Waals surface area (Å²) in [5, 5.41) is 5.50. The fraction of sp³-hybridized carbons (Fsp3) is 0.364. The maximum absolute atomic E-state index is 12.9. The number of aryl methyl sites for hydroxylation is 1. The molecule has 0 spiro atoms. The molecule has 0 aromatic heterocycles. The van der Waals surface area contributed by atoms with Crippen molar-refractivity contribution in [2.45, 2.75) is 25.7 Å². The average molecular weight is 381 g/mol. The van der Waals surface area contributed by atoms with E-state index in [-0.39, 0.29) is 11.9 Å². The van der Waals surface area contributed by atoms with Gasteiger partial charge < -0.3 is 20.3 Å². The minimum atomic E-state index is -0.212. The molecular weight excluding hydrogens is 354 g/mol. The number of carbonyl (C=O) groups is 2. The molecule has 28 heavy (non-hydrogen) atoms. The van der Waals surface area contributed by atoms with Crippen LogP contribution in [0.2, 0.25) is 0 Å². The standard InChI is InChI=1S/C22H27N3O3/c1-15-6-4-7-16(12-15)18-8-5-11-25(14-18)22(27)24-19-13-17(21(26)23-2)9-10-20(19)28-3/h4,6-7,9-10,12-13,18H,5,8,11,14H2,1-3H3,(H,23,26)(H,24,27). The van der Waals surface area contributed by atoms with Crippen LogP contribution in [0.3, 0.4) is 0 Å². The van der Waals surface area contributed by atoms with Gasteiger partial charge in [0.1, 0.15) is 5.75 Å². The summed E-state index contributed by atoms with van der Waals surface area (Å²) in [4.78, 5) is 26.6. The lowest BCUT2D eigenvalue weighted by Gasteiger charge is -2.33. The molecule has 0 bridgehead atoms. The lowest BCUT2D eigenvalue weighted by molar-refractivity contribution is 0.0963. The van der Waals surface area contributed by atoms with Crippen molar-refractivity contribution in [1.29, 1.82) is 0 Å². The number of rotatable bonds is 4. The van der Waals surface area contributed by atoms with Crippen LogP contribution in [-0.4, -0.2) is 44.1 Å². The molecule has 148 valence electrons. The van der Waals surface area contributed by atoms with E-state index in [1.165, 1.54) is 11.1 Å².